The van der Waals surface area contributed by atoms with Crippen LogP contribution in [-0.4, -0.2) is 24.7 Å². The Morgan fingerprint density at radius 3 is 2.93 bits per heavy atom. The summed E-state index contributed by atoms with van der Waals surface area (Å²) in [5.41, 5.74) is 0. The fraction of sp³-hybridized carbons (Fsp3) is 0.909. The van der Waals surface area contributed by atoms with Gasteiger partial charge in [-0.05, 0) is 31.6 Å². The van der Waals surface area contributed by atoms with Gasteiger partial charge >= 0.3 is 5.97 Å². The van der Waals surface area contributed by atoms with Gasteiger partial charge in [-0.3, -0.25) is 4.79 Å². The molecule has 1 saturated carbocycles. The van der Waals surface area contributed by atoms with Crippen LogP contribution in [0.4, 0.5) is 0 Å². The van der Waals surface area contributed by atoms with Crippen LogP contribution in [0.1, 0.15) is 33.1 Å². The van der Waals surface area contributed by atoms with Crippen LogP contribution in [-0.2, 0) is 9.53 Å². The van der Waals surface area contributed by atoms with Crippen molar-refractivity contribution in [2.75, 3.05) is 6.61 Å². The first-order valence-corrected chi connectivity index (χ1v) is 5.66. The normalized spacial score (nSPS) is 41.0. The quantitative estimate of drug-likeness (QED) is 0.679. The van der Waals surface area contributed by atoms with Gasteiger partial charge in [0.25, 0.3) is 0 Å². The highest BCUT2D eigenvalue weighted by molar-refractivity contribution is 5.76. The third-order valence-electron chi connectivity index (χ3n) is 3.72. The Hall–Kier alpha value is -0.570. The molecule has 14 heavy (non-hydrogen) atoms. The first-order valence-electron chi connectivity index (χ1n) is 5.66. The van der Waals surface area contributed by atoms with Crippen molar-refractivity contribution in [3.8, 4) is 0 Å². The van der Waals surface area contributed by atoms with Crippen LogP contribution in [0.25, 0.3) is 0 Å². The van der Waals surface area contributed by atoms with E-state index in [4.69, 9.17) is 4.74 Å². The number of hydrogen-bond donors (Lipinski definition) is 1. The van der Waals surface area contributed by atoms with E-state index in [1.165, 1.54) is 19.3 Å². The van der Waals surface area contributed by atoms with Gasteiger partial charge in [-0.2, -0.15) is 0 Å². The Labute approximate surface area is 85.2 Å². The lowest BCUT2D eigenvalue weighted by Crippen LogP contribution is -2.38. The molecule has 1 N–H and O–H groups in total. The molecule has 0 radical (unpaired) electrons. The van der Waals surface area contributed by atoms with Crippen LogP contribution in [0.5, 0.6) is 0 Å². The molecule has 1 heterocycles. The maximum Gasteiger partial charge on any atom is 0.323 e. The van der Waals surface area contributed by atoms with Crippen molar-refractivity contribution in [2.45, 2.75) is 45.2 Å². The molecule has 2 unspecified atom stereocenters. The Kier molecular flexibility index (Phi) is 2.77. The van der Waals surface area contributed by atoms with Gasteiger partial charge in [0.2, 0.25) is 0 Å². The Balaban J connectivity index is 2.04. The molecule has 1 aliphatic carbocycles. The van der Waals surface area contributed by atoms with Crippen molar-refractivity contribution in [2.24, 2.45) is 11.8 Å². The van der Waals surface area contributed by atoms with Crippen molar-refractivity contribution in [1.29, 1.82) is 0 Å². The van der Waals surface area contributed by atoms with Crippen molar-refractivity contribution < 1.29 is 9.53 Å². The molecule has 4 atom stereocenters. The lowest BCUT2D eigenvalue weighted by atomic mass is 9.79. The smallest absolute Gasteiger partial charge is 0.323 e. The van der Waals surface area contributed by atoms with Crippen LogP contribution in [0.2, 0.25) is 0 Å². The van der Waals surface area contributed by atoms with E-state index in [9.17, 15) is 4.79 Å². The summed E-state index contributed by atoms with van der Waals surface area (Å²) in [4.78, 5) is 11.6. The lowest BCUT2D eigenvalue weighted by Gasteiger charge is -2.25. The molecule has 0 aromatic carbocycles. The second-order valence-electron chi connectivity index (χ2n) is 4.46. The number of carbonyl (C=O) groups is 1. The largest absolute Gasteiger partial charge is 0.465 e. The lowest BCUT2D eigenvalue weighted by molar-refractivity contribution is -0.146. The molecule has 2 rings (SSSR count). The summed E-state index contributed by atoms with van der Waals surface area (Å²) in [6.07, 6.45) is 3.64. The average Bonchev–Trinajstić information content (AvgIpc) is 2.38. The number of hydrogen-bond acceptors (Lipinski definition) is 3. The van der Waals surface area contributed by atoms with Gasteiger partial charge in [-0.25, -0.2) is 0 Å². The van der Waals surface area contributed by atoms with Crippen molar-refractivity contribution >= 4 is 5.97 Å². The van der Waals surface area contributed by atoms with Crippen molar-refractivity contribution in [3.05, 3.63) is 0 Å². The van der Waals surface area contributed by atoms with E-state index in [0.717, 1.165) is 0 Å². The number of nitrogens with one attached hydrogen (secondary N) is 1. The fourth-order valence-electron chi connectivity index (χ4n) is 2.93. The standard InChI is InChI=1S/C11H19NO2/c1-3-14-11(13)10-8-5-4-6-9(12-10)7(8)2/h7-10,12H,3-6H2,1-2H3/t7-,8?,9?,10+/m0/s1. The highest BCUT2D eigenvalue weighted by Gasteiger charge is 2.46. The maximum absolute atomic E-state index is 11.6. The number of fused-ring (bicyclic) bond motifs is 2. The predicted octanol–water partition coefficient (Wildman–Crippen LogP) is 1.33. The molecule has 2 fully saturated rings. The maximum atomic E-state index is 11.6. The molecule has 2 bridgehead atoms. The Bertz CT molecular complexity index is 229. The van der Waals surface area contributed by atoms with Gasteiger partial charge in [0, 0.05) is 6.04 Å². The average molecular weight is 197 g/mol. The highest BCUT2D eigenvalue weighted by Crippen LogP contribution is 2.38. The molecular formula is C11H19NO2. The summed E-state index contributed by atoms with van der Waals surface area (Å²) in [6.45, 7) is 4.60. The van der Waals surface area contributed by atoms with Crippen LogP contribution < -0.4 is 5.32 Å². The first kappa shape index (κ1) is 9.97. The van der Waals surface area contributed by atoms with Crippen LogP contribution >= 0.6 is 0 Å². The van der Waals surface area contributed by atoms with Gasteiger partial charge in [0.05, 0.1) is 6.61 Å². The van der Waals surface area contributed by atoms with E-state index in [1.807, 2.05) is 6.92 Å². The molecule has 1 saturated heterocycles. The number of carbonyl (C=O) groups excluding carboxylic acids is 1. The number of rotatable bonds is 2. The van der Waals surface area contributed by atoms with Gasteiger partial charge < -0.3 is 10.1 Å². The van der Waals surface area contributed by atoms with Gasteiger partial charge in [-0.15, -0.1) is 0 Å². The number of esters is 1. The summed E-state index contributed by atoms with van der Waals surface area (Å²) in [7, 11) is 0. The monoisotopic (exact) mass is 197 g/mol. The zero-order valence-corrected chi connectivity index (χ0v) is 8.95. The minimum Gasteiger partial charge on any atom is -0.465 e. The second-order valence-corrected chi connectivity index (χ2v) is 4.46. The molecule has 0 spiro atoms. The van der Waals surface area contributed by atoms with Crippen molar-refractivity contribution in [3.63, 3.8) is 0 Å². The minimum atomic E-state index is -0.0475. The molecule has 0 amide bonds. The third-order valence-corrected chi connectivity index (χ3v) is 3.72. The topological polar surface area (TPSA) is 38.3 Å². The molecule has 0 aromatic rings. The molecule has 2 aliphatic rings. The third kappa shape index (κ3) is 1.54. The summed E-state index contributed by atoms with van der Waals surface area (Å²) in [6, 6.07) is 0.514. The van der Waals surface area contributed by atoms with Crippen LogP contribution in [0, 0.1) is 11.8 Å². The summed E-state index contributed by atoms with van der Waals surface area (Å²) >= 11 is 0. The predicted molar refractivity (Wildman–Crippen MR) is 53.8 cm³/mol. The summed E-state index contributed by atoms with van der Waals surface area (Å²) < 4.78 is 5.08. The number of ether oxygens (including phenoxy) is 1. The molecule has 3 heteroatoms. The minimum absolute atomic E-state index is 0.0301. The van der Waals surface area contributed by atoms with E-state index in [-0.39, 0.29) is 12.0 Å². The van der Waals surface area contributed by atoms with E-state index >= 15 is 0 Å². The molecule has 80 valence electrons. The summed E-state index contributed by atoms with van der Waals surface area (Å²) in [5.74, 6) is 1.10. The van der Waals surface area contributed by atoms with E-state index < -0.39 is 0 Å². The fourth-order valence-corrected chi connectivity index (χ4v) is 2.93. The first-order chi connectivity index (χ1) is 6.74. The Morgan fingerprint density at radius 1 is 1.50 bits per heavy atom. The highest BCUT2D eigenvalue weighted by atomic mass is 16.5. The molecule has 3 nitrogen and oxygen atoms in total. The van der Waals surface area contributed by atoms with Gasteiger partial charge in [-0.1, -0.05) is 13.3 Å². The van der Waals surface area contributed by atoms with Crippen molar-refractivity contribution in [1.82, 2.24) is 5.32 Å². The second kappa shape index (κ2) is 3.89. The molecule has 0 aromatic heterocycles. The van der Waals surface area contributed by atoms with E-state index in [2.05, 4.69) is 12.2 Å². The van der Waals surface area contributed by atoms with E-state index in [0.29, 0.717) is 24.5 Å². The van der Waals surface area contributed by atoms with Crippen LogP contribution in [0.15, 0.2) is 0 Å². The summed E-state index contributed by atoms with van der Waals surface area (Å²) in [5, 5.41) is 3.41. The van der Waals surface area contributed by atoms with Gasteiger partial charge in [0.1, 0.15) is 6.04 Å². The molecular weight excluding hydrogens is 178 g/mol. The van der Waals surface area contributed by atoms with Gasteiger partial charge in [0.15, 0.2) is 0 Å². The molecule has 1 aliphatic heterocycles. The zero-order chi connectivity index (χ0) is 10.1. The van der Waals surface area contributed by atoms with Crippen LogP contribution in [0.3, 0.4) is 0 Å². The SMILES string of the molecule is CCOC(=O)[C@@H]1NC2CCCC1[C@@H]2C. The zero-order valence-electron chi connectivity index (χ0n) is 8.95. The Morgan fingerprint density at radius 2 is 2.29 bits per heavy atom. The van der Waals surface area contributed by atoms with E-state index in [1.54, 1.807) is 0 Å².